The quantitative estimate of drug-likeness (QED) is 0.775. The number of aliphatic carboxylic acids is 1. The Hall–Kier alpha value is -1.77. The maximum atomic E-state index is 11.8. The molecule has 23 heavy (non-hydrogen) atoms. The van der Waals surface area contributed by atoms with Gasteiger partial charge < -0.3 is 10.8 Å². The van der Waals surface area contributed by atoms with E-state index < -0.39 is 12.0 Å². The average Bonchev–Trinajstić information content (AvgIpc) is 2.58. The van der Waals surface area contributed by atoms with Crippen molar-refractivity contribution in [1.29, 1.82) is 0 Å². The van der Waals surface area contributed by atoms with Crippen LogP contribution in [0.4, 0.5) is 0 Å². The maximum absolute atomic E-state index is 11.8. The predicted molar refractivity (Wildman–Crippen MR) is 91.5 cm³/mol. The van der Waals surface area contributed by atoms with Gasteiger partial charge >= 0.3 is 5.97 Å². The first-order valence-electron chi connectivity index (χ1n) is 6.93. The smallest absolute Gasteiger partial charge is 0.352 e. The predicted octanol–water partition coefficient (Wildman–Crippen LogP) is 1.37. The van der Waals surface area contributed by atoms with Gasteiger partial charge in [-0.15, -0.1) is 23.5 Å². The van der Waals surface area contributed by atoms with Crippen molar-refractivity contribution in [3.8, 4) is 0 Å². The summed E-state index contributed by atoms with van der Waals surface area (Å²) in [6, 6.07) is 3.20. The Balaban J connectivity index is 1.69. The van der Waals surface area contributed by atoms with Gasteiger partial charge in [0.1, 0.15) is 17.1 Å². The number of fused-ring (bicyclic) bond motifs is 1. The number of amides is 1. The summed E-state index contributed by atoms with van der Waals surface area (Å²) in [6.45, 7) is 0. The van der Waals surface area contributed by atoms with Gasteiger partial charge in [-0.05, 0) is 28.7 Å². The minimum absolute atomic E-state index is 0.0997. The SMILES string of the molecule is NC1C(=O)N2C(C(=O)O)=C(CS/C=C\c3cccnc3)CS[C@@H]12. The van der Waals surface area contributed by atoms with Crippen LogP contribution in [0, 0.1) is 0 Å². The molecule has 0 aliphatic carbocycles. The van der Waals surface area contributed by atoms with E-state index in [9.17, 15) is 14.7 Å². The molecule has 1 aromatic heterocycles. The van der Waals surface area contributed by atoms with Crippen LogP contribution in [0.2, 0.25) is 0 Å². The Kier molecular flexibility index (Phi) is 4.74. The highest BCUT2D eigenvalue weighted by Crippen LogP contribution is 2.40. The van der Waals surface area contributed by atoms with Crippen LogP contribution in [0.25, 0.3) is 6.08 Å². The zero-order chi connectivity index (χ0) is 16.4. The highest BCUT2D eigenvalue weighted by atomic mass is 32.2. The molecule has 2 aliphatic rings. The van der Waals surface area contributed by atoms with Crippen molar-refractivity contribution in [2.75, 3.05) is 11.5 Å². The molecule has 1 amide bonds. The first-order chi connectivity index (χ1) is 11.1. The molecule has 1 unspecified atom stereocenters. The first-order valence-corrected chi connectivity index (χ1v) is 9.03. The van der Waals surface area contributed by atoms with Crippen molar-refractivity contribution in [2.45, 2.75) is 11.4 Å². The van der Waals surface area contributed by atoms with E-state index in [2.05, 4.69) is 4.98 Å². The molecule has 6 nitrogen and oxygen atoms in total. The number of thioether (sulfide) groups is 2. The monoisotopic (exact) mass is 349 g/mol. The Morgan fingerprint density at radius 2 is 2.43 bits per heavy atom. The molecule has 0 bridgehead atoms. The van der Waals surface area contributed by atoms with Crippen molar-refractivity contribution >= 4 is 41.5 Å². The summed E-state index contributed by atoms with van der Waals surface area (Å²) in [5, 5.41) is 11.1. The third kappa shape index (κ3) is 3.15. The molecule has 2 atom stereocenters. The summed E-state index contributed by atoms with van der Waals surface area (Å²) in [7, 11) is 0. The van der Waals surface area contributed by atoms with Gasteiger partial charge in [-0.1, -0.05) is 6.07 Å². The van der Waals surface area contributed by atoms with Crippen LogP contribution < -0.4 is 5.73 Å². The molecule has 0 aromatic carbocycles. The molecular formula is C15H15N3O3S2. The summed E-state index contributed by atoms with van der Waals surface area (Å²) in [4.78, 5) is 28.7. The average molecular weight is 349 g/mol. The molecule has 0 radical (unpaired) electrons. The molecule has 1 aromatic rings. The van der Waals surface area contributed by atoms with Gasteiger partial charge in [0.05, 0.1) is 0 Å². The third-order valence-electron chi connectivity index (χ3n) is 3.59. The normalized spacial score (nSPS) is 23.9. The lowest BCUT2D eigenvalue weighted by atomic mass is 10.0. The summed E-state index contributed by atoms with van der Waals surface area (Å²) in [5.74, 6) is -0.273. The molecule has 2 aliphatic heterocycles. The van der Waals surface area contributed by atoms with E-state index in [0.717, 1.165) is 11.1 Å². The van der Waals surface area contributed by atoms with Gasteiger partial charge in [-0.2, -0.15) is 0 Å². The Morgan fingerprint density at radius 3 is 3.13 bits per heavy atom. The number of carboxylic acids is 1. The van der Waals surface area contributed by atoms with Crippen molar-refractivity contribution < 1.29 is 14.7 Å². The number of nitrogens with two attached hydrogens (primary N) is 1. The Bertz CT molecular complexity index is 690. The highest BCUT2D eigenvalue weighted by Gasteiger charge is 2.51. The van der Waals surface area contributed by atoms with Gasteiger partial charge in [0, 0.05) is 23.9 Å². The lowest BCUT2D eigenvalue weighted by Gasteiger charge is -2.48. The van der Waals surface area contributed by atoms with Crippen molar-refractivity contribution in [1.82, 2.24) is 9.88 Å². The molecular weight excluding hydrogens is 334 g/mol. The van der Waals surface area contributed by atoms with Gasteiger partial charge in [0.2, 0.25) is 5.91 Å². The number of carbonyl (C=O) groups is 2. The molecule has 8 heteroatoms. The fraction of sp³-hybridized carbons (Fsp3) is 0.267. The topological polar surface area (TPSA) is 96.5 Å². The number of rotatable bonds is 5. The van der Waals surface area contributed by atoms with Crippen molar-refractivity contribution in [3.05, 3.63) is 46.8 Å². The van der Waals surface area contributed by atoms with E-state index >= 15 is 0 Å². The minimum Gasteiger partial charge on any atom is -0.477 e. The van der Waals surface area contributed by atoms with Gasteiger partial charge in [0.25, 0.3) is 0 Å². The lowest BCUT2D eigenvalue weighted by molar-refractivity contribution is -0.147. The number of carboxylic acid groups (broad SMARTS) is 1. The van der Waals surface area contributed by atoms with Crippen molar-refractivity contribution in [2.24, 2.45) is 5.73 Å². The molecule has 3 rings (SSSR count). The second-order valence-electron chi connectivity index (χ2n) is 5.09. The van der Waals surface area contributed by atoms with E-state index in [1.54, 1.807) is 12.4 Å². The van der Waals surface area contributed by atoms with Gasteiger partial charge in [-0.3, -0.25) is 14.7 Å². The molecule has 120 valence electrons. The molecule has 1 fully saturated rings. The van der Waals surface area contributed by atoms with E-state index in [1.807, 2.05) is 23.6 Å². The number of hydrogen-bond donors (Lipinski definition) is 2. The zero-order valence-electron chi connectivity index (χ0n) is 12.1. The van der Waals surface area contributed by atoms with E-state index in [0.29, 0.717) is 11.5 Å². The van der Waals surface area contributed by atoms with Gasteiger partial charge in [-0.25, -0.2) is 4.79 Å². The molecule has 0 spiro atoms. The van der Waals surface area contributed by atoms with Crippen LogP contribution in [-0.2, 0) is 9.59 Å². The number of carbonyl (C=O) groups excluding carboxylic acids is 1. The number of hydrogen-bond acceptors (Lipinski definition) is 6. The number of pyridine rings is 1. The molecule has 0 saturated carbocycles. The first kappa shape index (κ1) is 16.1. The lowest BCUT2D eigenvalue weighted by Crippen LogP contribution is -2.68. The van der Waals surface area contributed by atoms with Crippen molar-refractivity contribution in [3.63, 3.8) is 0 Å². The number of aromatic nitrogens is 1. The fourth-order valence-electron chi connectivity index (χ4n) is 2.44. The third-order valence-corrected chi connectivity index (χ3v) is 5.79. The van der Waals surface area contributed by atoms with Gasteiger partial charge in [0.15, 0.2) is 0 Å². The van der Waals surface area contributed by atoms with E-state index in [-0.39, 0.29) is 17.0 Å². The zero-order valence-corrected chi connectivity index (χ0v) is 13.7. The van der Waals surface area contributed by atoms with Crippen LogP contribution in [0.1, 0.15) is 5.56 Å². The van der Waals surface area contributed by atoms with Crippen LogP contribution in [0.5, 0.6) is 0 Å². The minimum atomic E-state index is -1.07. The maximum Gasteiger partial charge on any atom is 0.352 e. The molecule has 3 N–H and O–H groups in total. The van der Waals surface area contributed by atoms with Crippen LogP contribution in [0.3, 0.4) is 0 Å². The highest BCUT2D eigenvalue weighted by molar-refractivity contribution is 8.02. The summed E-state index contributed by atoms with van der Waals surface area (Å²) >= 11 is 3.01. The molecule has 3 heterocycles. The summed E-state index contributed by atoms with van der Waals surface area (Å²) in [5.41, 5.74) is 7.55. The summed E-state index contributed by atoms with van der Waals surface area (Å²) < 4.78 is 0. The Morgan fingerprint density at radius 1 is 1.61 bits per heavy atom. The fourth-order valence-corrected chi connectivity index (χ4v) is 4.65. The Labute approximate surface area is 141 Å². The number of nitrogens with zero attached hydrogens (tertiary/aromatic N) is 2. The second kappa shape index (κ2) is 6.77. The van der Waals surface area contributed by atoms with Crippen LogP contribution >= 0.6 is 23.5 Å². The number of β-lactam (4-membered cyclic amide) rings is 1. The molecule has 1 saturated heterocycles. The van der Waals surface area contributed by atoms with E-state index in [1.165, 1.54) is 28.4 Å². The summed E-state index contributed by atoms with van der Waals surface area (Å²) in [6.07, 6.45) is 5.38. The largest absolute Gasteiger partial charge is 0.477 e. The van der Waals surface area contributed by atoms with E-state index in [4.69, 9.17) is 5.73 Å². The van der Waals surface area contributed by atoms with Crippen LogP contribution in [-0.4, -0.2) is 49.8 Å². The van der Waals surface area contributed by atoms with Crippen LogP contribution in [0.15, 0.2) is 41.2 Å². The standard InChI is InChI=1S/C15H15N3O3S2/c16-11-13(19)18-12(15(20)21)10(8-23-14(11)18)7-22-5-3-9-2-1-4-17-6-9/h1-6,11,14H,7-8,16H2,(H,20,21)/b5-3-/t11?,14-/m0/s1. The second-order valence-corrected chi connectivity index (χ2v) is 7.09.